The molecule has 23 heavy (non-hydrogen) atoms. The Balaban J connectivity index is 1.67. The Bertz CT molecular complexity index is 550. The summed E-state index contributed by atoms with van der Waals surface area (Å²) in [5.74, 6) is 2.61. The van der Waals surface area contributed by atoms with Crippen LogP contribution in [0, 0.1) is 28.6 Å². The first kappa shape index (κ1) is 16.3. The molecule has 0 heterocycles. The van der Waals surface area contributed by atoms with Gasteiger partial charge in [0.25, 0.3) is 0 Å². The Morgan fingerprint density at radius 1 is 1.17 bits per heavy atom. The van der Waals surface area contributed by atoms with E-state index in [0.29, 0.717) is 16.9 Å². The van der Waals surface area contributed by atoms with Gasteiger partial charge in [-0.3, -0.25) is 0 Å². The maximum absolute atomic E-state index is 5.62. The fourth-order valence-corrected chi connectivity index (χ4v) is 7.19. The van der Waals surface area contributed by atoms with Crippen LogP contribution in [0.4, 0.5) is 0 Å². The number of hydrogen-bond donors (Lipinski definition) is 0. The lowest BCUT2D eigenvalue weighted by atomic mass is 9.49. The third-order valence-electron chi connectivity index (χ3n) is 8.37. The van der Waals surface area contributed by atoms with Crippen LogP contribution >= 0.6 is 9.47 Å². The zero-order valence-corrected chi connectivity index (χ0v) is 16.3. The number of allylic oxidation sites excluding steroid dienone is 4. The number of fused-ring (bicyclic) bond motifs is 5. The van der Waals surface area contributed by atoms with Gasteiger partial charge in [-0.15, -0.1) is 0 Å². The largest absolute Gasteiger partial charge is 0.362 e. The van der Waals surface area contributed by atoms with Gasteiger partial charge in [-0.2, -0.15) is 0 Å². The van der Waals surface area contributed by atoms with Crippen LogP contribution in [0.5, 0.6) is 0 Å². The summed E-state index contributed by atoms with van der Waals surface area (Å²) in [5, 5.41) is 0. The highest BCUT2D eigenvalue weighted by Gasteiger charge is 2.55. The van der Waals surface area contributed by atoms with E-state index in [9.17, 15) is 0 Å². The number of hydrogen-bond acceptors (Lipinski definition) is 1. The van der Waals surface area contributed by atoms with Gasteiger partial charge in [0.1, 0.15) is 0 Å². The Hall–Kier alpha value is -0.130. The van der Waals surface area contributed by atoms with Crippen LogP contribution in [0.15, 0.2) is 23.3 Å². The van der Waals surface area contributed by atoms with E-state index in [0.717, 1.165) is 17.8 Å². The Kier molecular flexibility index (Phi) is 4.05. The van der Waals surface area contributed by atoms with E-state index in [-0.39, 0.29) is 0 Å². The van der Waals surface area contributed by atoms with Gasteiger partial charge in [0.05, 0.1) is 6.10 Å². The van der Waals surface area contributed by atoms with Gasteiger partial charge >= 0.3 is 0 Å². The molecule has 4 rings (SSSR count). The zero-order chi connectivity index (χ0) is 16.2. The zero-order valence-electron chi connectivity index (χ0n) is 15.1. The minimum absolute atomic E-state index is 0.461. The Morgan fingerprint density at radius 2 is 2.00 bits per heavy atom. The molecule has 1 unspecified atom stereocenters. The lowest BCUT2D eigenvalue weighted by Crippen LogP contribution is -2.47. The summed E-state index contributed by atoms with van der Waals surface area (Å²) in [5.41, 5.74) is 4.52. The molecule has 0 N–H and O–H groups in total. The first-order valence-corrected chi connectivity index (χ1v) is 10.2. The van der Waals surface area contributed by atoms with Gasteiger partial charge in [-0.25, -0.2) is 0 Å². The van der Waals surface area contributed by atoms with Gasteiger partial charge in [0, 0.05) is 9.47 Å². The molecule has 0 spiro atoms. The molecule has 0 saturated heterocycles. The molecule has 0 aromatic heterocycles. The Morgan fingerprint density at radius 3 is 2.74 bits per heavy atom. The summed E-state index contributed by atoms with van der Waals surface area (Å²) in [6.07, 6.45) is 16.3. The fraction of sp³-hybridized carbons (Fsp3) is 0.810. The smallest absolute Gasteiger partial charge is 0.0614 e. The van der Waals surface area contributed by atoms with Crippen molar-refractivity contribution in [3.05, 3.63) is 23.3 Å². The minimum Gasteiger partial charge on any atom is -0.362 e. The monoisotopic (exact) mass is 332 g/mol. The van der Waals surface area contributed by atoms with E-state index in [2.05, 4.69) is 42.4 Å². The SMILES string of the molecule is C/C=C1/CC[C@H]2[C@@H]3CC[C@@H]4C[C@H](OP)CC[C@]4(C)C3=CC[C@]12C. The van der Waals surface area contributed by atoms with Crippen LogP contribution in [-0.2, 0) is 4.52 Å². The quantitative estimate of drug-likeness (QED) is 0.418. The van der Waals surface area contributed by atoms with Gasteiger partial charge < -0.3 is 4.52 Å². The molecule has 0 aliphatic heterocycles. The summed E-state index contributed by atoms with van der Waals surface area (Å²) in [7, 11) is 2.50. The van der Waals surface area contributed by atoms with Crippen molar-refractivity contribution in [3.63, 3.8) is 0 Å². The van der Waals surface area contributed by atoms with Gasteiger partial charge in [-0.05, 0) is 86.9 Å². The lowest BCUT2D eigenvalue weighted by molar-refractivity contribution is 0.00992. The summed E-state index contributed by atoms with van der Waals surface area (Å²) in [6.45, 7) is 7.40. The van der Waals surface area contributed by atoms with Crippen molar-refractivity contribution in [1.82, 2.24) is 0 Å². The molecule has 0 bridgehead atoms. The summed E-state index contributed by atoms with van der Waals surface area (Å²) < 4.78 is 5.62. The average Bonchev–Trinajstić information content (AvgIpc) is 2.90. The second-order valence-electron chi connectivity index (χ2n) is 9.07. The highest BCUT2D eigenvalue weighted by molar-refractivity contribution is 7.09. The number of rotatable bonds is 1. The van der Waals surface area contributed by atoms with Crippen LogP contribution in [0.1, 0.15) is 72.1 Å². The van der Waals surface area contributed by atoms with Crippen molar-refractivity contribution >= 4 is 9.47 Å². The van der Waals surface area contributed by atoms with Gasteiger partial charge in [-0.1, -0.05) is 37.1 Å². The minimum atomic E-state index is 0.461. The summed E-state index contributed by atoms with van der Waals surface area (Å²) in [6, 6.07) is 0. The van der Waals surface area contributed by atoms with Crippen molar-refractivity contribution in [2.75, 3.05) is 0 Å². The maximum atomic E-state index is 5.62. The van der Waals surface area contributed by atoms with E-state index < -0.39 is 0 Å². The molecule has 3 saturated carbocycles. The molecule has 1 nitrogen and oxygen atoms in total. The summed E-state index contributed by atoms with van der Waals surface area (Å²) >= 11 is 0. The third kappa shape index (κ3) is 2.26. The standard InChI is InChI=1S/C21H33OP/c1-4-14-6-8-18-17-7-5-15-13-16(22-23)9-11-21(15,3)19(17)10-12-20(14,18)2/h4,10,15-18H,5-9,11-13,23H2,1-3H3/b14-4-/t15-,16-,17+,18+,20-,21+/m1/s1. The van der Waals surface area contributed by atoms with E-state index in [1.807, 2.05) is 5.57 Å². The molecule has 3 fully saturated rings. The van der Waals surface area contributed by atoms with E-state index in [1.165, 1.54) is 51.4 Å². The van der Waals surface area contributed by atoms with Crippen LogP contribution in [-0.4, -0.2) is 6.10 Å². The normalized spacial score (nSPS) is 51.0. The molecule has 0 amide bonds. The molecule has 2 heteroatoms. The highest BCUT2D eigenvalue weighted by Crippen LogP contribution is 2.65. The van der Waals surface area contributed by atoms with Crippen LogP contribution in [0.3, 0.4) is 0 Å². The highest BCUT2D eigenvalue weighted by atomic mass is 31.0. The predicted molar refractivity (Wildman–Crippen MR) is 100 cm³/mol. The second-order valence-corrected chi connectivity index (χ2v) is 9.34. The van der Waals surface area contributed by atoms with E-state index in [1.54, 1.807) is 5.57 Å². The van der Waals surface area contributed by atoms with Crippen LogP contribution in [0.2, 0.25) is 0 Å². The molecule has 0 radical (unpaired) electrons. The van der Waals surface area contributed by atoms with Crippen molar-refractivity contribution in [2.24, 2.45) is 28.6 Å². The van der Waals surface area contributed by atoms with Crippen LogP contribution < -0.4 is 0 Å². The molecular formula is C21H33OP. The Labute approximate surface area is 144 Å². The first-order chi connectivity index (χ1) is 11.0. The molecule has 4 aliphatic carbocycles. The van der Waals surface area contributed by atoms with Crippen molar-refractivity contribution in [1.29, 1.82) is 0 Å². The molecule has 4 aliphatic rings. The first-order valence-electron chi connectivity index (χ1n) is 9.74. The summed E-state index contributed by atoms with van der Waals surface area (Å²) in [4.78, 5) is 0. The van der Waals surface area contributed by atoms with Crippen molar-refractivity contribution in [2.45, 2.75) is 78.2 Å². The molecular weight excluding hydrogens is 299 g/mol. The molecule has 7 atom stereocenters. The molecule has 0 aromatic rings. The maximum Gasteiger partial charge on any atom is 0.0614 e. The van der Waals surface area contributed by atoms with Crippen molar-refractivity contribution < 1.29 is 4.52 Å². The molecule has 128 valence electrons. The average molecular weight is 332 g/mol. The fourth-order valence-electron chi connectivity index (χ4n) is 6.94. The van der Waals surface area contributed by atoms with Crippen molar-refractivity contribution in [3.8, 4) is 0 Å². The van der Waals surface area contributed by atoms with Crippen LogP contribution in [0.25, 0.3) is 0 Å². The van der Waals surface area contributed by atoms with E-state index in [4.69, 9.17) is 4.52 Å². The van der Waals surface area contributed by atoms with Gasteiger partial charge in [0.15, 0.2) is 0 Å². The third-order valence-corrected chi connectivity index (χ3v) is 8.75. The van der Waals surface area contributed by atoms with Gasteiger partial charge in [0.2, 0.25) is 0 Å². The van der Waals surface area contributed by atoms with E-state index >= 15 is 0 Å². The second kappa shape index (κ2) is 5.70. The topological polar surface area (TPSA) is 9.23 Å². The predicted octanol–water partition coefficient (Wildman–Crippen LogP) is 6.07. The lowest BCUT2D eigenvalue weighted by Gasteiger charge is -2.56. The molecule has 0 aromatic carbocycles.